The molecule has 2 amide bonds. The number of pyridine rings is 1. The molecule has 1 atom stereocenters. The molecule has 0 spiro atoms. The van der Waals surface area contributed by atoms with Crippen LogP contribution in [0.3, 0.4) is 0 Å². The highest BCUT2D eigenvalue weighted by molar-refractivity contribution is 5.97. The van der Waals surface area contributed by atoms with Gasteiger partial charge in [-0.25, -0.2) is 9.78 Å². The van der Waals surface area contributed by atoms with Crippen molar-refractivity contribution in [1.29, 1.82) is 0 Å². The number of amides is 2. The van der Waals surface area contributed by atoms with Crippen LogP contribution in [-0.2, 0) is 32.1 Å². The molecule has 0 radical (unpaired) electrons. The van der Waals surface area contributed by atoms with E-state index >= 15 is 0 Å². The predicted octanol–water partition coefficient (Wildman–Crippen LogP) is 6.53. The van der Waals surface area contributed by atoms with E-state index in [0.29, 0.717) is 26.3 Å². The quantitative estimate of drug-likeness (QED) is 0.187. The van der Waals surface area contributed by atoms with Crippen LogP contribution in [0.1, 0.15) is 45.6 Å². The second-order valence-corrected chi connectivity index (χ2v) is 13.2. The van der Waals surface area contributed by atoms with Crippen molar-refractivity contribution in [1.82, 2.24) is 19.4 Å². The first-order valence-electron chi connectivity index (χ1n) is 16.2. The van der Waals surface area contributed by atoms with E-state index in [4.69, 9.17) is 19.2 Å². The van der Waals surface area contributed by atoms with E-state index in [-0.39, 0.29) is 18.5 Å². The molecule has 1 aliphatic carbocycles. The minimum atomic E-state index is -0.739. The van der Waals surface area contributed by atoms with Gasteiger partial charge in [-0.1, -0.05) is 48.5 Å². The van der Waals surface area contributed by atoms with Gasteiger partial charge in [-0.15, -0.1) is 0 Å². The van der Waals surface area contributed by atoms with Crippen molar-refractivity contribution in [2.75, 3.05) is 33.4 Å². The number of carbonyl (C=O) groups is 2. The monoisotopic (exact) mass is 624 g/mol. The van der Waals surface area contributed by atoms with Crippen LogP contribution in [0, 0.1) is 0 Å². The van der Waals surface area contributed by atoms with Gasteiger partial charge in [-0.2, -0.15) is 0 Å². The zero-order valence-corrected chi connectivity index (χ0v) is 27.3. The van der Waals surface area contributed by atoms with E-state index < -0.39 is 17.8 Å². The summed E-state index contributed by atoms with van der Waals surface area (Å²) in [6.07, 6.45) is 5.60. The van der Waals surface area contributed by atoms with Crippen molar-refractivity contribution in [3.63, 3.8) is 0 Å². The van der Waals surface area contributed by atoms with Crippen LogP contribution in [0.5, 0.6) is 0 Å². The molecule has 46 heavy (non-hydrogen) atoms. The van der Waals surface area contributed by atoms with Gasteiger partial charge in [0.25, 0.3) is 5.91 Å². The number of carbonyl (C=O) groups excluding carboxylic acids is 2. The largest absolute Gasteiger partial charge is 0.444 e. The summed E-state index contributed by atoms with van der Waals surface area (Å²) in [5.74, 6) is -0.0902. The fourth-order valence-electron chi connectivity index (χ4n) is 6.14. The lowest BCUT2D eigenvalue weighted by Gasteiger charge is -2.36. The summed E-state index contributed by atoms with van der Waals surface area (Å²) in [5.41, 5.74) is 5.80. The molecule has 0 N–H and O–H groups in total. The van der Waals surface area contributed by atoms with Crippen molar-refractivity contribution >= 4 is 23.0 Å². The van der Waals surface area contributed by atoms with Crippen molar-refractivity contribution < 1.29 is 23.8 Å². The van der Waals surface area contributed by atoms with E-state index in [9.17, 15) is 9.59 Å². The number of hydrogen-bond donors (Lipinski definition) is 0. The first-order chi connectivity index (χ1) is 22.2. The molecule has 3 heterocycles. The fraction of sp³-hybridized carbons (Fsp3) is 0.432. The zero-order valence-electron chi connectivity index (χ0n) is 27.3. The van der Waals surface area contributed by atoms with Crippen LogP contribution >= 0.6 is 0 Å². The second kappa shape index (κ2) is 13.6. The number of aromatic nitrogens is 2. The Hall–Kier alpha value is -4.21. The third kappa shape index (κ3) is 7.26. The van der Waals surface area contributed by atoms with Crippen molar-refractivity contribution in [2.45, 2.75) is 70.9 Å². The van der Waals surface area contributed by atoms with E-state index in [0.717, 1.165) is 64.7 Å². The fourth-order valence-corrected chi connectivity index (χ4v) is 6.14. The van der Waals surface area contributed by atoms with E-state index in [1.165, 1.54) is 0 Å². The lowest BCUT2D eigenvalue weighted by atomic mass is 9.97. The predicted molar refractivity (Wildman–Crippen MR) is 178 cm³/mol. The Morgan fingerprint density at radius 2 is 1.78 bits per heavy atom. The molecule has 1 aliphatic heterocycles. The van der Waals surface area contributed by atoms with E-state index in [1.54, 1.807) is 12.0 Å². The summed E-state index contributed by atoms with van der Waals surface area (Å²) in [6.45, 7) is 8.22. The van der Waals surface area contributed by atoms with Crippen LogP contribution in [0.2, 0.25) is 0 Å². The van der Waals surface area contributed by atoms with E-state index in [2.05, 4.69) is 65.4 Å². The number of hydrogen-bond acceptors (Lipinski definition) is 6. The maximum absolute atomic E-state index is 14.1. The molecule has 0 bridgehead atoms. The molecule has 2 aromatic heterocycles. The number of fused-ring (bicyclic) bond motifs is 1. The van der Waals surface area contributed by atoms with E-state index in [1.807, 2.05) is 37.9 Å². The number of morpholine rings is 1. The number of ether oxygens (including phenoxy) is 3. The summed E-state index contributed by atoms with van der Waals surface area (Å²) in [4.78, 5) is 35.4. The third-order valence-corrected chi connectivity index (χ3v) is 8.47. The Kier molecular flexibility index (Phi) is 9.42. The van der Waals surface area contributed by atoms with Crippen LogP contribution in [0.15, 0.2) is 73.1 Å². The average Bonchev–Trinajstić information content (AvgIpc) is 3.85. The molecule has 6 rings (SSSR count). The summed E-state index contributed by atoms with van der Waals surface area (Å²) in [5, 5.41) is 1.04. The zero-order chi connectivity index (χ0) is 32.3. The Morgan fingerprint density at radius 3 is 2.52 bits per heavy atom. The maximum atomic E-state index is 14.1. The van der Waals surface area contributed by atoms with Gasteiger partial charge in [0.1, 0.15) is 11.2 Å². The van der Waals surface area contributed by atoms with Crippen LogP contribution in [0.4, 0.5) is 4.79 Å². The molecule has 242 valence electrons. The Bertz CT molecular complexity index is 1670. The molecule has 1 saturated heterocycles. The highest BCUT2D eigenvalue weighted by Crippen LogP contribution is 2.37. The molecular formula is C37H44N4O5. The van der Waals surface area contributed by atoms with Crippen molar-refractivity contribution in [3.05, 3.63) is 78.6 Å². The number of aryl methyl sites for hydroxylation is 1. The number of rotatable bonds is 10. The van der Waals surface area contributed by atoms with Gasteiger partial charge in [-0.3, -0.25) is 4.79 Å². The molecule has 2 fully saturated rings. The first-order valence-corrected chi connectivity index (χ1v) is 16.2. The standard InChI is InChI=1S/C37H44N4O5/c1-37(2,3)46-36(43)40-19-21-45-32(25-40)35(42)41(30-14-15-30)24-29-23-39(18-9-20-44-4)34-33(29)31(16-17-38-34)28-13-8-12-27(22-28)26-10-6-5-7-11-26/h5-8,10-13,16-17,22-23,30,32H,9,14-15,18-21,24-25H2,1-4H3/t32-/m1/s1. The minimum Gasteiger partial charge on any atom is -0.444 e. The lowest BCUT2D eigenvalue weighted by molar-refractivity contribution is -0.150. The van der Waals surface area contributed by atoms with Gasteiger partial charge in [0.2, 0.25) is 0 Å². The van der Waals surface area contributed by atoms with Gasteiger partial charge in [0.05, 0.1) is 13.2 Å². The SMILES string of the molecule is COCCCn1cc(CN(C(=O)[C@H]2CN(C(=O)OC(C)(C)C)CCO2)C2CC2)c2c(-c3cccc(-c4ccccc4)c3)ccnc21. The first kappa shape index (κ1) is 31.8. The summed E-state index contributed by atoms with van der Waals surface area (Å²) in [7, 11) is 1.71. The third-order valence-electron chi connectivity index (χ3n) is 8.47. The number of methoxy groups -OCH3 is 1. The van der Waals surface area contributed by atoms with Gasteiger partial charge in [0, 0.05) is 57.2 Å². The smallest absolute Gasteiger partial charge is 0.410 e. The topological polar surface area (TPSA) is 86.1 Å². The second-order valence-electron chi connectivity index (χ2n) is 13.2. The molecular weight excluding hydrogens is 580 g/mol. The molecule has 1 saturated carbocycles. The van der Waals surface area contributed by atoms with Crippen molar-refractivity contribution in [2.24, 2.45) is 0 Å². The summed E-state index contributed by atoms with van der Waals surface area (Å²) < 4.78 is 19.1. The molecule has 4 aromatic rings. The molecule has 2 aliphatic rings. The van der Waals surface area contributed by atoms with Crippen LogP contribution < -0.4 is 0 Å². The normalized spacial score (nSPS) is 16.9. The number of nitrogens with zero attached hydrogens (tertiary/aromatic N) is 4. The van der Waals surface area contributed by atoms with Gasteiger partial charge in [-0.05, 0) is 80.0 Å². The average molecular weight is 625 g/mol. The summed E-state index contributed by atoms with van der Waals surface area (Å²) >= 11 is 0. The van der Waals surface area contributed by atoms with Gasteiger partial charge < -0.3 is 28.6 Å². The van der Waals surface area contributed by atoms with Crippen LogP contribution in [-0.4, -0.2) is 82.5 Å². The molecule has 9 heteroatoms. The maximum Gasteiger partial charge on any atom is 0.410 e. The Balaban J connectivity index is 1.33. The molecule has 0 unspecified atom stereocenters. The highest BCUT2D eigenvalue weighted by atomic mass is 16.6. The minimum absolute atomic E-state index is 0.0902. The Labute approximate surface area is 271 Å². The van der Waals surface area contributed by atoms with Crippen molar-refractivity contribution in [3.8, 4) is 22.3 Å². The Morgan fingerprint density at radius 1 is 1.02 bits per heavy atom. The van der Waals surface area contributed by atoms with Gasteiger partial charge in [0.15, 0.2) is 6.10 Å². The molecule has 9 nitrogen and oxygen atoms in total. The van der Waals surface area contributed by atoms with Crippen LogP contribution in [0.25, 0.3) is 33.3 Å². The van der Waals surface area contributed by atoms with Gasteiger partial charge >= 0.3 is 6.09 Å². The highest BCUT2D eigenvalue weighted by Gasteiger charge is 2.40. The summed E-state index contributed by atoms with van der Waals surface area (Å²) in [6, 6.07) is 21.2. The molecule has 2 aromatic carbocycles. The lowest BCUT2D eigenvalue weighted by Crippen LogP contribution is -2.53. The number of benzene rings is 2.